The molecule has 25 heavy (non-hydrogen) atoms. The molecular weight excluding hydrogens is 357 g/mol. The summed E-state index contributed by atoms with van der Waals surface area (Å²) in [5.41, 5.74) is 0.188. The van der Waals surface area contributed by atoms with Gasteiger partial charge in [-0.25, -0.2) is 0 Å². The lowest BCUT2D eigenvalue weighted by molar-refractivity contribution is -0.137. The first-order valence-corrected chi connectivity index (χ1v) is 7.66. The van der Waals surface area contributed by atoms with Crippen LogP contribution in [0.15, 0.2) is 42.5 Å². The summed E-state index contributed by atoms with van der Waals surface area (Å²) < 4.78 is 38.4. The van der Waals surface area contributed by atoms with Crippen molar-refractivity contribution < 1.29 is 22.8 Å². The second-order valence-corrected chi connectivity index (χ2v) is 5.56. The summed E-state index contributed by atoms with van der Waals surface area (Å²) in [5.74, 6) is -2.08. The fourth-order valence-corrected chi connectivity index (χ4v) is 2.24. The number of aryl methyl sites for hydroxylation is 1. The molecule has 0 atom stereocenters. The van der Waals surface area contributed by atoms with Gasteiger partial charge < -0.3 is 10.6 Å². The lowest BCUT2D eigenvalue weighted by Crippen LogP contribution is -2.29. The molecule has 0 aliphatic heterocycles. The van der Waals surface area contributed by atoms with Crippen LogP contribution in [0.4, 0.5) is 24.5 Å². The van der Waals surface area contributed by atoms with E-state index in [0.717, 1.165) is 18.1 Å². The Hall–Kier alpha value is -2.54. The number of carbonyl (C=O) groups is 2. The van der Waals surface area contributed by atoms with Gasteiger partial charge in [0.25, 0.3) is 0 Å². The molecule has 0 spiro atoms. The third-order valence-corrected chi connectivity index (χ3v) is 3.69. The molecule has 8 heteroatoms. The summed E-state index contributed by atoms with van der Waals surface area (Å²) in [4.78, 5) is 23.7. The predicted molar refractivity (Wildman–Crippen MR) is 89.5 cm³/mol. The van der Waals surface area contributed by atoms with E-state index < -0.39 is 28.6 Å². The van der Waals surface area contributed by atoms with E-state index in [0.29, 0.717) is 11.8 Å². The van der Waals surface area contributed by atoms with Gasteiger partial charge in [-0.05, 0) is 42.3 Å². The fourth-order valence-electron chi connectivity index (χ4n) is 2.02. The Balaban J connectivity index is 2.07. The van der Waals surface area contributed by atoms with Gasteiger partial charge in [-0.3, -0.25) is 9.59 Å². The summed E-state index contributed by atoms with van der Waals surface area (Å²) in [5, 5.41) is 3.99. The molecule has 0 aromatic heterocycles. The van der Waals surface area contributed by atoms with Crippen LogP contribution in [0.2, 0.25) is 5.02 Å². The van der Waals surface area contributed by atoms with Gasteiger partial charge >= 0.3 is 18.0 Å². The van der Waals surface area contributed by atoms with Crippen molar-refractivity contribution in [1.82, 2.24) is 0 Å². The van der Waals surface area contributed by atoms with Gasteiger partial charge in [0.05, 0.1) is 10.6 Å². The van der Waals surface area contributed by atoms with Crippen molar-refractivity contribution in [1.29, 1.82) is 0 Å². The topological polar surface area (TPSA) is 58.2 Å². The Morgan fingerprint density at radius 3 is 2.00 bits per heavy atom. The number of anilines is 2. The maximum absolute atomic E-state index is 12.8. The number of rotatable bonds is 3. The van der Waals surface area contributed by atoms with Crippen LogP contribution in [0, 0.1) is 0 Å². The molecule has 0 aliphatic rings. The zero-order chi connectivity index (χ0) is 18.6. The zero-order valence-corrected chi connectivity index (χ0v) is 13.8. The SMILES string of the molecule is CCc1ccc(NC(=O)C(=O)Nc2ccc(Cl)c(C(F)(F)F)c2)cc1. The fraction of sp³-hybridized carbons (Fsp3) is 0.176. The van der Waals surface area contributed by atoms with Gasteiger partial charge in [0.1, 0.15) is 0 Å². The molecule has 2 aromatic carbocycles. The number of alkyl halides is 3. The second kappa shape index (κ2) is 7.57. The van der Waals surface area contributed by atoms with Crippen molar-refractivity contribution >= 4 is 34.8 Å². The van der Waals surface area contributed by atoms with Gasteiger partial charge in [0.15, 0.2) is 0 Å². The van der Waals surface area contributed by atoms with Crippen molar-refractivity contribution in [3.8, 4) is 0 Å². The molecule has 0 bridgehead atoms. The molecule has 0 saturated heterocycles. The number of hydrogen-bond acceptors (Lipinski definition) is 2. The molecule has 2 aromatic rings. The Morgan fingerprint density at radius 2 is 1.48 bits per heavy atom. The van der Waals surface area contributed by atoms with Crippen LogP contribution in [0.1, 0.15) is 18.1 Å². The van der Waals surface area contributed by atoms with Crippen LogP contribution in [0.25, 0.3) is 0 Å². The minimum Gasteiger partial charge on any atom is -0.318 e. The average molecular weight is 371 g/mol. The summed E-state index contributed by atoms with van der Waals surface area (Å²) >= 11 is 5.50. The van der Waals surface area contributed by atoms with Crippen LogP contribution >= 0.6 is 11.6 Å². The van der Waals surface area contributed by atoms with Gasteiger partial charge in [-0.2, -0.15) is 13.2 Å². The summed E-state index contributed by atoms with van der Waals surface area (Å²) in [6.45, 7) is 1.97. The molecular formula is C17H14ClF3N2O2. The quantitative estimate of drug-likeness (QED) is 0.782. The van der Waals surface area contributed by atoms with E-state index in [1.165, 1.54) is 6.07 Å². The minimum absolute atomic E-state index is 0.182. The predicted octanol–water partition coefficient (Wildman–Crippen LogP) is 4.50. The van der Waals surface area contributed by atoms with Crippen molar-refractivity contribution in [2.75, 3.05) is 10.6 Å². The monoisotopic (exact) mass is 370 g/mol. The van der Waals surface area contributed by atoms with E-state index in [1.54, 1.807) is 24.3 Å². The normalized spacial score (nSPS) is 11.1. The molecule has 2 N–H and O–H groups in total. The number of carbonyl (C=O) groups excluding carboxylic acids is 2. The molecule has 0 heterocycles. The van der Waals surface area contributed by atoms with Crippen molar-refractivity contribution in [3.63, 3.8) is 0 Å². The molecule has 0 fully saturated rings. The summed E-state index contributed by atoms with van der Waals surface area (Å²) in [6, 6.07) is 9.70. The third-order valence-electron chi connectivity index (χ3n) is 3.36. The Kier molecular flexibility index (Phi) is 5.69. The Morgan fingerprint density at radius 1 is 0.960 bits per heavy atom. The maximum atomic E-state index is 12.8. The molecule has 132 valence electrons. The van der Waals surface area contributed by atoms with Gasteiger partial charge in [-0.15, -0.1) is 0 Å². The maximum Gasteiger partial charge on any atom is 0.417 e. The molecule has 2 rings (SSSR count). The zero-order valence-electron chi connectivity index (χ0n) is 13.1. The third kappa shape index (κ3) is 4.96. The first-order valence-electron chi connectivity index (χ1n) is 7.28. The van der Waals surface area contributed by atoms with E-state index >= 15 is 0 Å². The summed E-state index contributed by atoms with van der Waals surface area (Å²) in [7, 11) is 0. The van der Waals surface area contributed by atoms with Gasteiger partial charge in [0, 0.05) is 11.4 Å². The Labute approximate surface area is 147 Å². The minimum atomic E-state index is -4.67. The number of hydrogen-bond donors (Lipinski definition) is 2. The highest BCUT2D eigenvalue weighted by atomic mass is 35.5. The van der Waals surface area contributed by atoms with E-state index in [-0.39, 0.29) is 5.69 Å². The molecule has 2 amide bonds. The van der Waals surface area contributed by atoms with E-state index in [2.05, 4.69) is 10.6 Å². The van der Waals surface area contributed by atoms with Crippen LogP contribution in [0.3, 0.4) is 0 Å². The van der Waals surface area contributed by atoms with E-state index in [4.69, 9.17) is 11.6 Å². The highest BCUT2D eigenvalue weighted by molar-refractivity contribution is 6.43. The average Bonchev–Trinajstić information content (AvgIpc) is 2.56. The molecule has 0 unspecified atom stereocenters. The van der Waals surface area contributed by atoms with Crippen molar-refractivity contribution in [3.05, 3.63) is 58.6 Å². The van der Waals surface area contributed by atoms with E-state index in [1.807, 2.05) is 6.92 Å². The highest BCUT2D eigenvalue weighted by Crippen LogP contribution is 2.36. The number of benzene rings is 2. The van der Waals surface area contributed by atoms with Crippen LogP contribution in [-0.4, -0.2) is 11.8 Å². The standard InChI is InChI=1S/C17H14ClF3N2O2/c1-2-10-3-5-11(6-4-10)22-15(24)16(25)23-12-7-8-14(18)13(9-12)17(19,20)21/h3-9H,2H2,1H3,(H,22,24)(H,23,25). The van der Waals surface area contributed by atoms with Crippen molar-refractivity contribution in [2.45, 2.75) is 19.5 Å². The van der Waals surface area contributed by atoms with Crippen LogP contribution < -0.4 is 10.6 Å². The second-order valence-electron chi connectivity index (χ2n) is 5.15. The molecule has 0 saturated carbocycles. The smallest absolute Gasteiger partial charge is 0.318 e. The highest BCUT2D eigenvalue weighted by Gasteiger charge is 2.33. The first-order chi connectivity index (χ1) is 11.7. The van der Waals surface area contributed by atoms with Crippen molar-refractivity contribution in [2.24, 2.45) is 0 Å². The van der Waals surface area contributed by atoms with Gasteiger partial charge in [0.2, 0.25) is 0 Å². The lowest BCUT2D eigenvalue weighted by Gasteiger charge is -2.12. The number of halogens is 4. The Bertz CT molecular complexity index is 789. The van der Waals surface area contributed by atoms with Crippen LogP contribution in [0.5, 0.6) is 0 Å². The molecule has 4 nitrogen and oxygen atoms in total. The largest absolute Gasteiger partial charge is 0.417 e. The lowest BCUT2D eigenvalue weighted by atomic mass is 10.1. The van der Waals surface area contributed by atoms with E-state index in [9.17, 15) is 22.8 Å². The number of amides is 2. The summed E-state index contributed by atoms with van der Waals surface area (Å²) in [6.07, 6.45) is -3.84. The number of nitrogens with one attached hydrogen (secondary N) is 2. The van der Waals surface area contributed by atoms with Gasteiger partial charge in [-0.1, -0.05) is 30.7 Å². The first kappa shape index (κ1) is 18.8. The van der Waals surface area contributed by atoms with Crippen LogP contribution in [-0.2, 0) is 22.2 Å². The molecule has 0 radical (unpaired) electrons. The molecule has 0 aliphatic carbocycles.